The fraction of sp³-hybridized carbons (Fsp3) is 0.389. The van der Waals surface area contributed by atoms with Crippen LogP contribution in [0, 0.1) is 0 Å². The first-order valence-electron chi connectivity index (χ1n) is 7.62. The van der Waals surface area contributed by atoms with Crippen molar-refractivity contribution in [2.24, 2.45) is 0 Å². The molecule has 0 amide bonds. The molecule has 0 aliphatic heterocycles. The molecule has 20 heavy (non-hydrogen) atoms. The second kappa shape index (κ2) is 6.19. The van der Waals surface area contributed by atoms with E-state index in [9.17, 15) is 0 Å². The Balaban J connectivity index is 1.81. The fourth-order valence-electron chi connectivity index (χ4n) is 3.22. The number of hydrogen-bond donors (Lipinski definition) is 1. The minimum atomic E-state index is 0.411. The minimum absolute atomic E-state index is 0.411. The van der Waals surface area contributed by atoms with Crippen LogP contribution >= 0.6 is 0 Å². The van der Waals surface area contributed by atoms with Gasteiger partial charge in [0.2, 0.25) is 0 Å². The van der Waals surface area contributed by atoms with Crippen LogP contribution in [-0.2, 0) is 6.42 Å². The van der Waals surface area contributed by atoms with E-state index in [-0.39, 0.29) is 0 Å². The van der Waals surface area contributed by atoms with E-state index in [1.54, 1.807) is 0 Å². The molecule has 2 heteroatoms. The van der Waals surface area contributed by atoms with Gasteiger partial charge in [0.25, 0.3) is 0 Å². The van der Waals surface area contributed by atoms with Gasteiger partial charge in [0.15, 0.2) is 0 Å². The number of aryl methyl sites for hydroxylation is 1. The number of nitrogens with zero attached hydrogens (tertiary/aromatic N) is 1. The maximum atomic E-state index is 4.12. The summed E-state index contributed by atoms with van der Waals surface area (Å²) in [5, 5.41) is 3.85. The van der Waals surface area contributed by atoms with E-state index < -0.39 is 0 Å². The molecule has 1 aromatic heterocycles. The minimum Gasteiger partial charge on any atom is -0.303 e. The molecule has 2 aromatic rings. The largest absolute Gasteiger partial charge is 0.303 e. The van der Waals surface area contributed by atoms with Gasteiger partial charge < -0.3 is 5.32 Å². The molecule has 2 atom stereocenters. The Hall–Kier alpha value is -1.67. The van der Waals surface area contributed by atoms with Gasteiger partial charge >= 0.3 is 0 Å². The highest BCUT2D eigenvalue weighted by Gasteiger charge is 2.22. The molecule has 0 unspecified atom stereocenters. The Morgan fingerprint density at radius 1 is 1.20 bits per heavy atom. The molecule has 1 aliphatic carbocycles. The lowest BCUT2D eigenvalue weighted by Gasteiger charge is -2.30. The van der Waals surface area contributed by atoms with Crippen LogP contribution < -0.4 is 5.32 Å². The number of benzene rings is 1. The van der Waals surface area contributed by atoms with Gasteiger partial charge in [-0.25, -0.2) is 0 Å². The third-order valence-electron chi connectivity index (χ3n) is 4.29. The molecule has 2 nitrogen and oxygen atoms in total. The average molecular weight is 266 g/mol. The molecule has 1 heterocycles. The highest BCUT2D eigenvalue weighted by molar-refractivity contribution is 5.32. The SMILES string of the molecule is CC[C@@H](N[C@H]1CCCc2ccccc21)c1ccncc1. The van der Waals surface area contributed by atoms with Gasteiger partial charge in [0.1, 0.15) is 0 Å². The lowest BCUT2D eigenvalue weighted by molar-refractivity contribution is 0.393. The lowest BCUT2D eigenvalue weighted by atomic mass is 9.87. The first-order valence-corrected chi connectivity index (χ1v) is 7.62. The molecule has 1 aromatic carbocycles. The second-order valence-electron chi connectivity index (χ2n) is 5.55. The number of aromatic nitrogens is 1. The van der Waals surface area contributed by atoms with Crippen LogP contribution in [0.15, 0.2) is 48.8 Å². The van der Waals surface area contributed by atoms with Crippen molar-refractivity contribution in [3.63, 3.8) is 0 Å². The van der Waals surface area contributed by atoms with Gasteiger partial charge in [-0.2, -0.15) is 0 Å². The van der Waals surface area contributed by atoms with Crippen LogP contribution in [-0.4, -0.2) is 4.98 Å². The summed E-state index contributed by atoms with van der Waals surface area (Å²) in [6.45, 7) is 2.24. The van der Waals surface area contributed by atoms with Crippen molar-refractivity contribution in [2.75, 3.05) is 0 Å². The molecule has 0 bridgehead atoms. The van der Waals surface area contributed by atoms with Crippen molar-refractivity contribution in [2.45, 2.75) is 44.7 Å². The van der Waals surface area contributed by atoms with Gasteiger partial charge in [0.05, 0.1) is 0 Å². The van der Waals surface area contributed by atoms with Crippen LogP contribution in [0.2, 0.25) is 0 Å². The normalized spacial score (nSPS) is 19.4. The Bertz CT molecular complexity index is 550. The van der Waals surface area contributed by atoms with Crippen LogP contribution in [0.25, 0.3) is 0 Å². The van der Waals surface area contributed by atoms with Crippen molar-refractivity contribution in [3.05, 3.63) is 65.5 Å². The predicted molar refractivity (Wildman–Crippen MR) is 82.5 cm³/mol. The summed E-state index contributed by atoms with van der Waals surface area (Å²) in [5.41, 5.74) is 4.35. The molecular formula is C18H22N2. The van der Waals surface area contributed by atoms with Crippen LogP contribution in [0.3, 0.4) is 0 Å². The quantitative estimate of drug-likeness (QED) is 0.897. The Labute approximate surface area is 121 Å². The van der Waals surface area contributed by atoms with Crippen molar-refractivity contribution < 1.29 is 0 Å². The maximum absolute atomic E-state index is 4.12. The van der Waals surface area contributed by atoms with E-state index in [1.807, 2.05) is 12.4 Å². The van der Waals surface area contributed by atoms with E-state index in [0.717, 1.165) is 6.42 Å². The number of hydrogen-bond acceptors (Lipinski definition) is 2. The molecule has 1 N–H and O–H groups in total. The third-order valence-corrected chi connectivity index (χ3v) is 4.29. The monoisotopic (exact) mass is 266 g/mol. The zero-order chi connectivity index (χ0) is 13.8. The predicted octanol–water partition coefficient (Wildman–Crippen LogP) is 4.20. The molecule has 104 valence electrons. The van der Waals surface area contributed by atoms with Crippen molar-refractivity contribution in [1.82, 2.24) is 10.3 Å². The smallest absolute Gasteiger partial charge is 0.0328 e. The molecule has 1 aliphatic rings. The van der Waals surface area contributed by atoms with E-state index in [1.165, 1.54) is 36.0 Å². The van der Waals surface area contributed by atoms with Gasteiger partial charge in [-0.05, 0) is 54.5 Å². The number of nitrogens with one attached hydrogen (secondary N) is 1. The van der Waals surface area contributed by atoms with Gasteiger partial charge in [-0.15, -0.1) is 0 Å². The van der Waals surface area contributed by atoms with Crippen molar-refractivity contribution in [1.29, 1.82) is 0 Å². The molecule has 0 saturated heterocycles. The molecule has 0 radical (unpaired) electrons. The maximum Gasteiger partial charge on any atom is 0.0328 e. The van der Waals surface area contributed by atoms with Gasteiger partial charge in [-0.1, -0.05) is 31.2 Å². The summed E-state index contributed by atoms with van der Waals surface area (Å²) in [6.07, 6.45) is 8.60. The summed E-state index contributed by atoms with van der Waals surface area (Å²) in [4.78, 5) is 4.12. The van der Waals surface area contributed by atoms with Crippen LogP contribution in [0.5, 0.6) is 0 Å². The fourth-order valence-corrected chi connectivity index (χ4v) is 3.22. The molecule has 0 spiro atoms. The van der Waals surface area contributed by atoms with Crippen molar-refractivity contribution in [3.8, 4) is 0 Å². The molecule has 0 fully saturated rings. The van der Waals surface area contributed by atoms with Crippen LogP contribution in [0.1, 0.15) is 55.0 Å². The standard InChI is InChI=1S/C18H22N2/c1-2-17(15-10-12-19-13-11-15)20-18-9-5-7-14-6-3-4-8-16(14)18/h3-4,6,8,10-13,17-18,20H,2,5,7,9H2,1H3/t17-,18+/m1/s1. The first-order chi connectivity index (χ1) is 9.88. The van der Waals surface area contributed by atoms with Crippen LogP contribution in [0.4, 0.5) is 0 Å². The van der Waals surface area contributed by atoms with Gasteiger partial charge in [0, 0.05) is 24.5 Å². The number of pyridine rings is 1. The highest BCUT2D eigenvalue weighted by Crippen LogP contribution is 2.32. The van der Waals surface area contributed by atoms with E-state index >= 15 is 0 Å². The summed E-state index contributed by atoms with van der Waals surface area (Å²) < 4.78 is 0. The summed E-state index contributed by atoms with van der Waals surface area (Å²) in [6, 6.07) is 14.0. The van der Waals surface area contributed by atoms with Crippen molar-refractivity contribution >= 4 is 0 Å². The molecule has 3 rings (SSSR count). The zero-order valence-corrected chi connectivity index (χ0v) is 12.0. The molecular weight excluding hydrogens is 244 g/mol. The Kier molecular flexibility index (Phi) is 4.12. The van der Waals surface area contributed by atoms with E-state index in [4.69, 9.17) is 0 Å². The summed E-state index contributed by atoms with van der Waals surface area (Å²) >= 11 is 0. The summed E-state index contributed by atoms with van der Waals surface area (Å²) in [5.74, 6) is 0. The Morgan fingerprint density at radius 2 is 2.00 bits per heavy atom. The average Bonchev–Trinajstić information content (AvgIpc) is 2.53. The molecule has 0 saturated carbocycles. The summed E-state index contributed by atoms with van der Waals surface area (Å²) in [7, 11) is 0. The lowest BCUT2D eigenvalue weighted by Crippen LogP contribution is -2.29. The topological polar surface area (TPSA) is 24.9 Å². The van der Waals surface area contributed by atoms with Gasteiger partial charge in [-0.3, -0.25) is 4.98 Å². The zero-order valence-electron chi connectivity index (χ0n) is 12.0. The number of fused-ring (bicyclic) bond motifs is 1. The second-order valence-corrected chi connectivity index (χ2v) is 5.55. The third kappa shape index (κ3) is 2.75. The first kappa shape index (κ1) is 13.3. The Morgan fingerprint density at radius 3 is 2.80 bits per heavy atom. The van der Waals surface area contributed by atoms with E-state index in [2.05, 4.69) is 53.6 Å². The van der Waals surface area contributed by atoms with E-state index in [0.29, 0.717) is 12.1 Å². The number of rotatable bonds is 4. The highest BCUT2D eigenvalue weighted by atomic mass is 15.0.